The average molecular weight is 300 g/mol. The first kappa shape index (κ1) is 14.3. The van der Waals surface area contributed by atoms with E-state index in [1.165, 1.54) is 17.8 Å². The van der Waals surface area contributed by atoms with Gasteiger partial charge < -0.3 is 5.32 Å². The van der Waals surface area contributed by atoms with Crippen molar-refractivity contribution in [2.45, 2.75) is 45.1 Å². The molecular formula is C17H20N2OS. The van der Waals surface area contributed by atoms with Gasteiger partial charge in [0.2, 0.25) is 0 Å². The van der Waals surface area contributed by atoms with Gasteiger partial charge in [-0.2, -0.15) is 0 Å². The fraction of sp³-hybridized carbons (Fsp3) is 0.412. The molecule has 1 amide bonds. The summed E-state index contributed by atoms with van der Waals surface area (Å²) in [7, 11) is 0. The lowest BCUT2D eigenvalue weighted by molar-refractivity contribution is 0.0939. The number of carbonyl (C=O) groups excluding carboxylic acids is 1. The third kappa shape index (κ3) is 3.32. The summed E-state index contributed by atoms with van der Waals surface area (Å²) in [6.45, 7) is 4.08. The summed E-state index contributed by atoms with van der Waals surface area (Å²) in [4.78, 5) is 16.7. The Balaban J connectivity index is 1.72. The van der Waals surface area contributed by atoms with Crippen LogP contribution in [0.15, 0.2) is 29.6 Å². The van der Waals surface area contributed by atoms with Gasteiger partial charge in [0.1, 0.15) is 0 Å². The average Bonchev–Trinajstić information content (AvgIpc) is 3.24. The lowest BCUT2D eigenvalue weighted by Crippen LogP contribution is -2.31. The van der Waals surface area contributed by atoms with E-state index in [9.17, 15) is 4.79 Å². The second kappa shape index (κ2) is 5.98. The van der Waals surface area contributed by atoms with Gasteiger partial charge >= 0.3 is 0 Å². The Labute approximate surface area is 129 Å². The smallest absolute Gasteiger partial charge is 0.251 e. The molecule has 1 saturated carbocycles. The minimum absolute atomic E-state index is 0.00662. The molecular weight excluding hydrogens is 280 g/mol. The van der Waals surface area contributed by atoms with E-state index in [0.29, 0.717) is 11.5 Å². The van der Waals surface area contributed by atoms with E-state index >= 15 is 0 Å². The van der Waals surface area contributed by atoms with Crippen LogP contribution in [0, 0.1) is 0 Å². The summed E-state index contributed by atoms with van der Waals surface area (Å²) >= 11 is 1.75. The zero-order chi connectivity index (χ0) is 14.8. The monoisotopic (exact) mass is 300 g/mol. The first-order valence-electron chi connectivity index (χ1n) is 7.54. The Morgan fingerprint density at radius 3 is 2.71 bits per heavy atom. The number of carbonyl (C=O) groups is 1. The van der Waals surface area contributed by atoms with E-state index in [0.717, 1.165) is 17.7 Å². The minimum Gasteiger partial charge on any atom is -0.350 e. The summed E-state index contributed by atoms with van der Waals surface area (Å²) in [6, 6.07) is 7.93. The predicted octanol–water partition coefficient (Wildman–Crippen LogP) is 4.22. The van der Waals surface area contributed by atoms with E-state index in [2.05, 4.69) is 17.6 Å². The van der Waals surface area contributed by atoms with Crippen molar-refractivity contribution in [3.05, 3.63) is 40.2 Å². The standard InChI is InChI=1S/C17H20N2OS/c1-3-11(2)18-16(20)13-6-4-12(5-7-13)15-10-21-17(19-15)14-8-9-14/h4-7,10-11,14H,3,8-9H2,1-2H3,(H,18,20)/t11-/m1/s1. The van der Waals surface area contributed by atoms with E-state index in [1.54, 1.807) is 11.3 Å². The van der Waals surface area contributed by atoms with E-state index < -0.39 is 0 Å². The Morgan fingerprint density at radius 1 is 1.38 bits per heavy atom. The van der Waals surface area contributed by atoms with Crippen molar-refractivity contribution in [1.82, 2.24) is 10.3 Å². The molecule has 3 nitrogen and oxygen atoms in total. The summed E-state index contributed by atoms with van der Waals surface area (Å²) in [6.07, 6.45) is 3.50. The third-order valence-electron chi connectivity index (χ3n) is 3.88. The van der Waals surface area contributed by atoms with Gasteiger partial charge in [0.15, 0.2) is 0 Å². The van der Waals surface area contributed by atoms with Gasteiger partial charge in [-0.15, -0.1) is 11.3 Å². The molecule has 21 heavy (non-hydrogen) atoms. The Morgan fingerprint density at radius 2 is 2.10 bits per heavy atom. The molecule has 0 bridgehead atoms. The maximum Gasteiger partial charge on any atom is 0.251 e. The molecule has 1 aliphatic rings. The number of hydrogen-bond donors (Lipinski definition) is 1. The molecule has 1 aromatic carbocycles. The van der Waals surface area contributed by atoms with Crippen molar-refractivity contribution >= 4 is 17.2 Å². The highest BCUT2D eigenvalue weighted by Crippen LogP contribution is 2.42. The molecule has 0 radical (unpaired) electrons. The van der Waals surface area contributed by atoms with Crippen LogP contribution >= 0.6 is 11.3 Å². The number of benzene rings is 1. The molecule has 1 aliphatic carbocycles. The van der Waals surface area contributed by atoms with Gasteiger partial charge in [0, 0.05) is 28.5 Å². The van der Waals surface area contributed by atoms with Crippen molar-refractivity contribution in [2.75, 3.05) is 0 Å². The fourth-order valence-corrected chi connectivity index (χ4v) is 3.14. The molecule has 1 N–H and O–H groups in total. The number of nitrogens with zero attached hydrogens (tertiary/aromatic N) is 1. The van der Waals surface area contributed by atoms with Gasteiger partial charge in [-0.3, -0.25) is 4.79 Å². The summed E-state index contributed by atoms with van der Waals surface area (Å²) in [5.74, 6) is 0.692. The summed E-state index contributed by atoms with van der Waals surface area (Å²) in [5.41, 5.74) is 2.81. The van der Waals surface area contributed by atoms with Gasteiger partial charge in [-0.1, -0.05) is 19.1 Å². The molecule has 0 spiro atoms. The largest absolute Gasteiger partial charge is 0.350 e. The molecule has 1 fully saturated rings. The number of rotatable bonds is 5. The molecule has 1 heterocycles. The van der Waals surface area contributed by atoms with Crippen molar-refractivity contribution in [3.8, 4) is 11.3 Å². The van der Waals surface area contributed by atoms with Crippen molar-refractivity contribution in [2.24, 2.45) is 0 Å². The maximum atomic E-state index is 12.0. The molecule has 110 valence electrons. The molecule has 1 atom stereocenters. The summed E-state index contributed by atoms with van der Waals surface area (Å²) in [5, 5.41) is 6.35. The molecule has 0 aliphatic heterocycles. The zero-order valence-electron chi connectivity index (χ0n) is 12.4. The van der Waals surface area contributed by atoms with Crippen LogP contribution in [0.25, 0.3) is 11.3 Å². The second-order valence-corrected chi connectivity index (χ2v) is 6.60. The van der Waals surface area contributed by atoms with Gasteiger partial charge in [0.05, 0.1) is 10.7 Å². The lowest BCUT2D eigenvalue weighted by atomic mass is 10.1. The SMILES string of the molecule is CC[C@@H](C)NC(=O)c1ccc(-c2csc(C3CC3)n2)cc1. The van der Waals surface area contributed by atoms with Crippen LogP contribution in [-0.4, -0.2) is 16.9 Å². The normalized spacial score (nSPS) is 15.7. The van der Waals surface area contributed by atoms with Crippen LogP contribution < -0.4 is 5.32 Å². The van der Waals surface area contributed by atoms with Crippen molar-refractivity contribution in [1.29, 1.82) is 0 Å². The number of nitrogens with one attached hydrogen (secondary N) is 1. The predicted molar refractivity (Wildman–Crippen MR) is 86.7 cm³/mol. The van der Waals surface area contributed by atoms with Crippen LogP contribution in [0.5, 0.6) is 0 Å². The molecule has 1 aromatic heterocycles. The highest BCUT2D eigenvalue weighted by molar-refractivity contribution is 7.10. The molecule has 0 saturated heterocycles. The van der Waals surface area contributed by atoms with Crippen molar-refractivity contribution < 1.29 is 4.79 Å². The number of hydrogen-bond acceptors (Lipinski definition) is 3. The molecule has 3 rings (SSSR count). The van der Waals surface area contributed by atoms with E-state index in [-0.39, 0.29) is 11.9 Å². The third-order valence-corrected chi connectivity index (χ3v) is 4.89. The number of amides is 1. The first-order valence-corrected chi connectivity index (χ1v) is 8.42. The summed E-state index contributed by atoms with van der Waals surface area (Å²) < 4.78 is 0. The highest BCUT2D eigenvalue weighted by Gasteiger charge is 2.26. The van der Waals surface area contributed by atoms with Crippen LogP contribution in [-0.2, 0) is 0 Å². The highest BCUT2D eigenvalue weighted by atomic mass is 32.1. The zero-order valence-corrected chi connectivity index (χ0v) is 13.2. The van der Waals surface area contributed by atoms with Crippen LogP contribution in [0.1, 0.15) is 54.4 Å². The topological polar surface area (TPSA) is 42.0 Å². The van der Waals surface area contributed by atoms with Crippen LogP contribution in [0.3, 0.4) is 0 Å². The Bertz CT molecular complexity index is 628. The maximum absolute atomic E-state index is 12.0. The Hall–Kier alpha value is -1.68. The minimum atomic E-state index is -0.00662. The first-order chi connectivity index (χ1) is 10.2. The number of thiazole rings is 1. The van der Waals surface area contributed by atoms with Crippen LogP contribution in [0.2, 0.25) is 0 Å². The Kier molecular flexibility index (Phi) is 4.06. The number of aromatic nitrogens is 1. The fourth-order valence-electron chi connectivity index (χ4n) is 2.14. The lowest BCUT2D eigenvalue weighted by Gasteiger charge is -2.11. The quantitative estimate of drug-likeness (QED) is 0.898. The van der Waals surface area contributed by atoms with Crippen LogP contribution in [0.4, 0.5) is 0 Å². The van der Waals surface area contributed by atoms with E-state index in [4.69, 9.17) is 4.98 Å². The van der Waals surface area contributed by atoms with Gasteiger partial charge in [0.25, 0.3) is 5.91 Å². The van der Waals surface area contributed by atoms with Crippen molar-refractivity contribution in [3.63, 3.8) is 0 Å². The molecule has 0 unspecified atom stereocenters. The van der Waals surface area contributed by atoms with Gasteiger partial charge in [-0.05, 0) is 38.3 Å². The van der Waals surface area contributed by atoms with Gasteiger partial charge in [-0.25, -0.2) is 4.98 Å². The van der Waals surface area contributed by atoms with E-state index in [1.807, 2.05) is 31.2 Å². The molecule has 2 aromatic rings. The molecule has 4 heteroatoms. The second-order valence-electron chi connectivity index (χ2n) is 5.71.